The number of benzene rings is 2. The molecule has 1 heterocycles. The molecular weight excluding hydrogens is 334 g/mol. The number of carbonyl (C=O) groups is 1. The van der Waals surface area contributed by atoms with Gasteiger partial charge in [0.25, 0.3) is 11.8 Å². The Morgan fingerprint density at radius 2 is 1.85 bits per heavy atom. The van der Waals surface area contributed by atoms with Gasteiger partial charge in [-0.1, -0.05) is 30.3 Å². The lowest BCUT2D eigenvalue weighted by Crippen LogP contribution is -2.30. The second-order valence-corrected chi connectivity index (χ2v) is 5.40. The monoisotopic (exact) mass is 353 g/mol. The molecule has 26 heavy (non-hydrogen) atoms. The van der Waals surface area contributed by atoms with Gasteiger partial charge in [0.15, 0.2) is 6.61 Å². The van der Waals surface area contributed by atoms with Crippen molar-refractivity contribution in [1.82, 2.24) is 15.5 Å². The van der Waals surface area contributed by atoms with Crippen LogP contribution in [0.25, 0.3) is 11.5 Å². The predicted molar refractivity (Wildman–Crippen MR) is 94.9 cm³/mol. The SMILES string of the molecule is COc1ccccc1-c1nnc(CCNC(=O)COc2ccccc2)o1. The lowest BCUT2D eigenvalue weighted by molar-refractivity contribution is -0.123. The summed E-state index contributed by atoms with van der Waals surface area (Å²) >= 11 is 0. The van der Waals surface area contributed by atoms with E-state index in [0.717, 1.165) is 5.56 Å². The third-order valence-corrected chi connectivity index (χ3v) is 3.58. The summed E-state index contributed by atoms with van der Waals surface area (Å²) in [6, 6.07) is 16.6. The van der Waals surface area contributed by atoms with E-state index in [9.17, 15) is 4.79 Å². The summed E-state index contributed by atoms with van der Waals surface area (Å²) in [6.45, 7) is 0.338. The molecule has 0 radical (unpaired) electrons. The molecule has 0 atom stereocenters. The quantitative estimate of drug-likeness (QED) is 0.669. The Hall–Kier alpha value is -3.35. The third kappa shape index (κ3) is 4.60. The number of hydrogen-bond acceptors (Lipinski definition) is 6. The fraction of sp³-hybridized carbons (Fsp3) is 0.211. The highest BCUT2D eigenvalue weighted by Crippen LogP contribution is 2.28. The summed E-state index contributed by atoms with van der Waals surface area (Å²) in [5.41, 5.74) is 0.731. The molecular formula is C19H19N3O4. The average molecular weight is 353 g/mol. The van der Waals surface area contributed by atoms with Crippen LogP contribution in [0.2, 0.25) is 0 Å². The first kappa shape index (κ1) is 17.5. The zero-order valence-corrected chi connectivity index (χ0v) is 14.3. The van der Waals surface area contributed by atoms with Gasteiger partial charge >= 0.3 is 0 Å². The van der Waals surface area contributed by atoms with Crippen LogP contribution in [-0.2, 0) is 11.2 Å². The molecule has 0 aliphatic rings. The van der Waals surface area contributed by atoms with Crippen molar-refractivity contribution in [2.45, 2.75) is 6.42 Å². The molecule has 0 unspecified atom stereocenters. The largest absolute Gasteiger partial charge is 0.496 e. The molecule has 134 valence electrons. The molecule has 0 saturated carbocycles. The highest BCUT2D eigenvalue weighted by Gasteiger charge is 2.13. The lowest BCUT2D eigenvalue weighted by atomic mass is 10.2. The maximum atomic E-state index is 11.8. The molecule has 1 N–H and O–H groups in total. The number of methoxy groups -OCH3 is 1. The fourth-order valence-corrected chi connectivity index (χ4v) is 2.31. The van der Waals surface area contributed by atoms with Gasteiger partial charge in [0.05, 0.1) is 12.7 Å². The topological polar surface area (TPSA) is 86.5 Å². The molecule has 0 aliphatic carbocycles. The average Bonchev–Trinajstić information content (AvgIpc) is 3.16. The maximum Gasteiger partial charge on any atom is 0.257 e. The zero-order chi connectivity index (χ0) is 18.2. The molecule has 0 fully saturated rings. The minimum Gasteiger partial charge on any atom is -0.496 e. The van der Waals surface area contributed by atoms with Gasteiger partial charge < -0.3 is 19.2 Å². The van der Waals surface area contributed by atoms with Crippen molar-refractivity contribution in [3.63, 3.8) is 0 Å². The normalized spacial score (nSPS) is 10.3. The predicted octanol–water partition coefficient (Wildman–Crippen LogP) is 2.48. The van der Waals surface area contributed by atoms with E-state index in [0.29, 0.717) is 36.2 Å². The third-order valence-electron chi connectivity index (χ3n) is 3.58. The molecule has 0 bridgehead atoms. The van der Waals surface area contributed by atoms with Gasteiger partial charge in [-0.25, -0.2) is 0 Å². The van der Waals surface area contributed by atoms with Crippen molar-refractivity contribution < 1.29 is 18.7 Å². The summed E-state index contributed by atoms with van der Waals surface area (Å²) < 4.78 is 16.3. The van der Waals surface area contributed by atoms with Gasteiger partial charge in [-0.05, 0) is 24.3 Å². The van der Waals surface area contributed by atoms with E-state index in [1.165, 1.54) is 0 Å². The maximum absolute atomic E-state index is 11.8. The van der Waals surface area contributed by atoms with E-state index < -0.39 is 0 Å². The summed E-state index contributed by atoms with van der Waals surface area (Å²) in [5, 5.41) is 10.8. The van der Waals surface area contributed by atoms with Crippen LogP contribution < -0.4 is 14.8 Å². The number of amides is 1. The van der Waals surface area contributed by atoms with Crippen LogP contribution in [0, 0.1) is 0 Å². The van der Waals surface area contributed by atoms with Crippen molar-refractivity contribution in [3.05, 3.63) is 60.5 Å². The first-order chi connectivity index (χ1) is 12.8. The first-order valence-electron chi connectivity index (χ1n) is 8.16. The molecule has 3 aromatic rings. The van der Waals surface area contributed by atoms with Gasteiger partial charge in [-0.3, -0.25) is 4.79 Å². The Kier molecular flexibility index (Phi) is 5.82. The van der Waals surface area contributed by atoms with Gasteiger partial charge in [-0.2, -0.15) is 0 Å². The Balaban J connectivity index is 1.47. The molecule has 1 aromatic heterocycles. The summed E-state index contributed by atoms with van der Waals surface area (Å²) in [6.07, 6.45) is 0.430. The van der Waals surface area contributed by atoms with Crippen LogP contribution in [0.4, 0.5) is 0 Å². The van der Waals surface area contributed by atoms with E-state index in [-0.39, 0.29) is 12.5 Å². The Morgan fingerprint density at radius 1 is 1.08 bits per heavy atom. The van der Waals surface area contributed by atoms with E-state index >= 15 is 0 Å². The number of nitrogens with one attached hydrogen (secondary N) is 1. The van der Waals surface area contributed by atoms with Crippen LogP contribution in [0.1, 0.15) is 5.89 Å². The summed E-state index contributed by atoms with van der Waals surface area (Å²) in [7, 11) is 1.59. The molecule has 3 rings (SSSR count). The summed E-state index contributed by atoms with van der Waals surface area (Å²) in [4.78, 5) is 11.8. The molecule has 2 aromatic carbocycles. The van der Waals surface area contributed by atoms with Crippen molar-refractivity contribution in [3.8, 4) is 23.0 Å². The first-order valence-corrected chi connectivity index (χ1v) is 8.16. The van der Waals surface area contributed by atoms with Crippen LogP contribution in [0.15, 0.2) is 59.0 Å². The zero-order valence-electron chi connectivity index (χ0n) is 14.3. The minimum atomic E-state index is -0.210. The Morgan fingerprint density at radius 3 is 2.65 bits per heavy atom. The van der Waals surface area contributed by atoms with Crippen molar-refractivity contribution in [2.75, 3.05) is 20.3 Å². The molecule has 7 nitrogen and oxygen atoms in total. The molecule has 0 aliphatic heterocycles. The minimum absolute atomic E-state index is 0.0414. The van der Waals surface area contributed by atoms with Crippen LogP contribution in [-0.4, -0.2) is 36.4 Å². The smallest absolute Gasteiger partial charge is 0.257 e. The van der Waals surface area contributed by atoms with Gasteiger partial charge in [0, 0.05) is 13.0 Å². The molecule has 0 saturated heterocycles. The highest BCUT2D eigenvalue weighted by molar-refractivity contribution is 5.77. The number of para-hydroxylation sites is 2. The number of nitrogens with zero attached hydrogens (tertiary/aromatic N) is 2. The molecule has 0 spiro atoms. The van der Waals surface area contributed by atoms with Crippen molar-refractivity contribution >= 4 is 5.91 Å². The summed E-state index contributed by atoms with van der Waals surface area (Å²) in [5.74, 6) is 1.93. The van der Waals surface area contributed by atoms with Gasteiger partial charge in [0.2, 0.25) is 5.89 Å². The van der Waals surface area contributed by atoms with Crippen LogP contribution >= 0.6 is 0 Å². The second-order valence-electron chi connectivity index (χ2n) is 5.40. The van der Waals surface area contributed by atoms with Crippen LogP contribution in [0.5, 0.6) is 11.5 Å². The molecule has 1 amide bonds. The second kappa shape index (κ2) is 8.66. The van der Waals surface area contributed by atoms with Gasteiger partial charge in [-0.15, -0.1) is 10.2 Å². The van der Waals surface area contributed by atoms with Crippen LogP contribution in [0.3, 0.4) is 0 Å². The number of ether oxygens (including phenoxy) is 2. The van der Waals surface area contributed by atoms with E-state index in [4.69, 9.17) is 13.9 Å². The number of rotatable bonds is 8. The van der Waals surface area contributed by atoms with Gasteiger partial charge in [0.1, 0.15) is 11.5 Å². The van der Waals surface area contributed by atoms with E-state index in [1.807, 2.05) is 42.5 Å². The van der Waals surface area contributed by atoms with E-state index in [1.54, 1.807) is 19.2 Å². The highest BCUT2D eigenvalue weighted by atomic mass is 16.5. The number of carbonyl (C=O) groups excluding carboxylic acids is 1. The Labute approximate surface area is 151 Å². The number of hydrogen-bond donors (Lipinski definition) is 1. The molecule has 7 heteroatoms. The van der Waals surface area contributed by atoms with E-state index in [2.05, 4.69) is 15.5 Å². The number of aromatic nitrogens is 2. The lowest BCUT2D eigenvalue weighted by Gasteiger charge is -2.06. The van der Waals surface area contributed by atoms with Crippen molar-refractivity contribution in [2.24, 2.45) is 0 Å². The fourth-order valence-electron chi connectivity index (χ4n) is 2.31. The van der Waals surface area contributed by atoms with Crippen molar-refractivity contribution in [1.29, 1.82) is 0 Å². The Bertz CT molecular complexity index is 849. The standard InChI is InChI=1S/C19H19N3O4/c1-24-16-10-6-5-9-15(16)19-22-21-18(26-19)11-12-20-17(23)13-25-14-7-3-2-4-8-14/h2-10H,11-13H2,1H3,(H,20,23).